The second-order valence-electron chi connectivity index (χ2n) is 8.86. The summed E-state index contributed by atoms with van der Waals surface area (Å²) in [7, 11) is -2.02. The number of nitrogens with one attached hydrogen (secondary N) is 2. The largest absolute Gasteiger partial charge is 0.485 e. The number of rotatable bonds is 7. The summed E-state index contributed by atoms with van der Waals surface area (Å²) >= 11 is 0. The van der Waals surface area contributed by atoms with Crippen molar-refractivity contribution in [1.82, 2.24) is 9.80 Å². The van der Waals surface area contributed by atoms with Crippen molar-refractivity contribution in [2.24, 2.45) is 5.92 Å². The number of carbonyl (C=O) groups excluding carboxylic acids is 2. The Morgan fingerprint density at radius 1 is 1.23 bits per heavy atom. The van der Waals surface area contributed by atoms with E-state index < -0.39 is 22.2 Å². The molecule has 10 nitrogen and oxygen atoms in total. The second-order valence-corrected chi connectivity index (χ2v) is 10.6. The highest BCUT2D eigenvalue weighted by atomic mass is 32.2. The summed E-state index contributed by atoms with van der Waals surface area (Å²) in [6, 6.07) is 12.9. The number of ether oxygens (including phenoxy) is 1. The first-order chi connectivity index (χ1) is 16.5. The first kappa shape index (κ1) is 26.3. The predicted molar refractivity (Wildman–Crippen MR) is 134 cm³/mol. The average molecular weight is 505 g/mol. The third kappa shape index (κ3) is 6.64. The van der Waals surface area contributed by atoms with Crippen molar-refractivity contribution in [1.29, 1.82) is 0 Å². The molecule has 0 saturated carbocycles. The van der Waals surface area contributed by atoms with E-state index in [0.29, 0.717) is 5.69 Å². The molecule has 35 heavy (non-hydrogen) atoms. The lowest BCUT2D eigenvalue weighted by molar-refractivity contribution is 0.0373. The number of aliphatic hydroxyl groups excluding tert-OH is 1. The minimum atomic E-state index is -3.66. The highest BCUT2D eigenvalue weighted by Crippen LogP contribution is 2.35. The molecule has 0 spiro atoms. The summed E-state index contributed by atoms with van der Waals surface area (Å²) in [5, 5.41) is 12.6. The zero-order valence-corrected chi connectivity index (χ0v) is 21.1. The number of aliphatic hydroxyl groups is 1. The summed E-state index contributed by atoms with van der Waals surface area (Å²) in [6.07, 6.45) is 0.434. The molecule has 0 aromatic heterocycles. The number of fused-ring (bicyclic) bond motifs is 1. The average Bonchev–Trinajstić information content (AvgIpc) is 2.80. The van der Waals surface area contributed by atoms with E-state index in [4.69, 9.17) is 4.74 Å². The van der Waals surface area contributed by atoms with E-state index in [0.717, 1.165) is 6.26 Å². The van der Waals surface area contributed by atoms with Gasteiger partial charge >= 0.3 is 6.03 Å². The van der Waals surface area contributed by atoms with Crippen LogP contribution in [0.5, 0.6) is 5.75 Å². The lowest BCUT2D eigenvalue weighted by Crippen LogP contribution is -2.50. The van der Waals surface area contributed by atoms with Gasteiger partial charge in [-0.25, -0.2) is 13.2 Å². The van der Waals surface area contributed by atoms with Gasteiger partial charge < -0.3 is 25.0 Å². The van der Waals surface area contributed by atoms with Crippen LogP contribution in [0.25, 0.3) is 0 Å². The third-order valence-electron chi connectivity index (χ3n) is 5.81. The molecular weight excluding hydrogens is 472 g/mol. The molecule has 3 atom stereocenters. The van der Waals surface area contributed by atoms with Crippen molar-refractivity contribution in [2.45, 2.75) is 26.0 Å². The van der Waals surface area contributed by atoms with E-state index in [1.54, 1.807) is 43.1 Å². The number of benzene rings is 2. The monoisotopic (exact) mass is 504 g/mol. The van der Waals surface area contributed by atoms with Crippen LogP contribution in [-0.2, 0) is 10.0 Å². The van der Waals surface area contributed by atoms with Crippen LogP contribution in [0, 0.1) is 5.92 Å². The van der Waals surface area contributed by atoms with Crippen molar-refractivity contribution in [3.05, 3.63) is 54.1 Å². The molecule has 0 unspecified atom stereocenters. The topological polar surface area (TPSA) is 128 Å². The van der Waals surface area contributed by atoms with Crippen LogP contribution >= 0.6 is 0 Å². The molecule has 1 aliphatic rings. The molecule has 3 amide bonds. The van der Waals surface area contributed by atoms with E-state index in [1.165, 1.54) is 11.0 Å². The Hall–Kier alpha value is -3.31. The molecule has 3 rings (SSSR count). The van der Waals surface area contributed by atoms with E-state index in [1.807, 2.05) is 25.1 Å². The lowest BCUT2D eigenvalue weighted by atomic mass is 9.99. The first-order valence-electron chi connectivity index (χ1n) is 11.3. The minimum Gasteiger partial charge on any atom is -0.485 e. The van der Waals surface area contributed by atoms with Crippen molar-refractivity contribution < 1.29 is 27.9 Å². The molecule has 0 radical (unpaired) electrons. The number of sulfonamides is 1. The normalized spacial score (nSPS) is 19.0. The Morgan fingerprint density at radius 2 is 1.91 bits per heavy atom. The summed E-state index contributed by atoms with van der Waals surface area (Å²) in [5.74, 6) is -0.537. The zero-order valence-electron chi connectivity index (χ0n) is 20.3. The first-order valence-corrected chi connectivity index (χ1v) is 13.2. The molecule has 0 fully saturated rings. The molecule has 190 valence electrons. The number of hydrogen-bond acceptors (Lipinski definition) is 6. The van der Waals surface area contributed by atoms with E-state index in [9.17, 15) is 23.1 Å². The second kappa shape index (κ2) is 11.0. The fourth-order valence-electron chi connectivity index (χ4n) is 3.83. The third-order valence-corrected chi connectivity index (χ3v) is 6.40. The molecule has 1 heterocycles. The SMILES string of the molecule is C[C@@H]1CN([C@@H](C)CO)C(=O)c2cccc(NS(C)(=O)=O)c2O[C@@H]1CN(C)C(=O)Nc1ccccc1. The van der Waals surface area contributed by atoms with Crippen LogP contribution in [0.15, 0.2) is 48.5 Å². The highest BCUT2D eigenvalue weighted by Gasteiger charge is 2.35. The molecule has 11 heteroatoms. The van der Waals surface area contributed by atoms with Crippen molar-refractivity contribution in [3.63, 3.8) is 0 Å². The zero-order chi connectivity index (χ0) is 25.8. The molecule has 0 saturated heterocycles. The number of anilines is 2. The molecule has 0 bridgehead atoms. The Labute approximate surface area is 205 Å². The van der Waals surface area contributed by atoms with Gasteiger partial charge in [-0.3, -0.25) is 9.52 Å². The fourth-order valence-corrected chi connectivity index (χ4v) is 4.39. The summed E-state index contributed by atoms with van der Waals surface area (Å²) < 4.78 is 32.6. The Kier molecular flexibility index (Phi) is 8.23. The maximum Gasteiger partial charge on any atom is 0.321 e. The number of amides is 3. The molecule has 2 aromatic carbocycles. The van der Waals surface area contributed by atoms with Crippen molar-refractivity contribution >= 4 is 33.3 Å². The molecule has 3 N–H and O–H groups in total. The maximum atomic E-state index is 13.4. The molecule has 1 aliphatic heterocycles. The number of likely N-dealkylation sites (N-methyl/N-ethyl adjacent to an activating group) is 1. The Balaban J connectivity index is 1.95. The summed E-state index contributed by atoms with van der Waals surface area (Å²) in [5.41, 5.74) is 0.951. The van der Waals surface area contributed by atoms with Gasteiger partial charge in [0.25, 0.3) is 5.91 Å². The van der Waals surface area contributed by atoms with E-state index >= 15 is 0 Å². The number of nitrogens with zero attached hydrogens (tertiary/aromatic N) is 2. The van der Waals surface area contributed by atoms with Crippen molar-refractivity contribution in [2.75, 3.05) is 43.0 Å². The van der Waals surface area contributed by atoms with Crippen LogP contribution in [0.4, 0.5) is 16.2 Å². The standard InChI is InChI=1S/C24H32N4O6S/c1-16-13-28(17(2)15-29)23(30)19-11-8-12-20(26-35(4,32)33)22(19)34-21(16)14-27(3)24(31)25-18-9-6-5-7-10-18/h5-12,16-17,21,26,29H,13-15H2,1-4H3,(H,25,31)/t16-,17+,21-/m1/s1. The van der Waals surface area contributed by atoms with Gasteiger partial charge in [-0.15, -0.1) is 0 Å². The predicted octanol–water partition coefficient (Wildman–Crippen LogP) is 2.44. The lowest BCUT2D eigenvalue weighted by Gasteiger charge is -2.38. The van der Waals surface area contributed by atoms with Gasteiger partial charge in [-0.2, -0.15) is 0 Å². The Morgan fingerprint density at radius 3 is 2.54 bits per heavy atom. The van der Waals surface area contributed by atoms with Gasteiger partial charge in [0.05, 0.1) is 36.7 Å². The van der Waals surface area contributed by atoms with E-state index in [-0.39, 0.29) is 54.6 Å². The Bertz CT molecular complexity index is 1160. The summed E-state index contributed by atoms with van der Waals surface area (Å²) in [4.78, 5) is 29.2. The van der Waals surface area contributed by atoms with E-state index in [2.05, 4.69) is 10.0 Å². The number of carbonyl (C=O) groups is 2. The van der Waals surface area contributed by atoms with Crippen LogP contribution in [0.2, 0.25) is 0 Å². The quantitative estimate of drug-likeness (QED) is 0.531. The maximum absolute atomic E-state index is 13.4. The van der Waals surface area contributed by atoms with Gasteiger partial charge in [0.2, 0.25) is 10.0 Å². The molecule has 2 aromatic rings. The number of hydrogen-bond donors (Lipinski definition) is 3. The van der Waals surface area contributed by atoms with Gasteiger partial charge in [0, 0.05) is 25.2 Å². The number of urea groups is 1. The summed E-state index contributed by atoms with van der Waals surface area (Å²) in [6.45, 7) is 3.83. The van der Waals surface area contributed by atoms with Crippen LogP contribution in [-0.4, -0.2) is 80.4 Å². The van der Waals surface area contributed by atoms with Gasteiger partial charge in [-0.05, 0) is 31.2 Å². The van der Waals surface area contributed by atoms with Crippen LogP contribution < -0.4 is 14.8 Å². The van der Waals surface area contributed by atoms with Gasteiger partial charge in [-0.1, -0.05) is 31.2 Å². The number of para-hydroxylation sites is 2. The fraction of sp³-hybridized carbons (Fsp3) is 0.417. The molecular formula is C24H32N4O6S. The smallest absolute Gasteiger partial charge is 0.321 e. The van der Waals surface area contributed by atoms with Gasteiger partial charge in [0.1, 0.15) is 6.10 Å². The minimum absolute atomic E-state index is 0.0893. The van der Waals surface area contributed by atoms with Gasteiger partial charge in [0.15, 0.2) is 5.75 Å². The van der Waals surface area contributed by atoms with Crippen LogP contribution in [0.1, 0.15) is 24.2 Å². The van der Waals surface area contributed by atoms with Crippen LogP contribution in [0.3, 0.4) is 0 Å². The molecule has 0 aliphatic carbocycles. The highest BCUT2D eigenvalue weighted by molar-refractivity contribution is 7.92. The van der Waals surface area contributed by atoms with Crippen molar-refractivity contribution in [3.8, 4) is 5.75 Å².